The van der Waals surface area contributed by atoms with Crippen LogP contribution in [0.2, 0.25) is 0 Å². The zero-order chi connectivity index (χ0) is 25.4. The molecule has 2 aromatic heterocycles. The molecule has 0 radical (unpaired) electrons. The highest BCUT2D eigenvalue weighted by Crippen LogP contribution is 2.27. The van der Waals surface area contributed by atoms with Gasteiger partial charge in [0.05, 0.1) is 11.3 Å². The Bertz CT molecular complexity index is 1320. The molecule has 0 saturated heterocycles. The number of carboxylic acid groups (broad SMARTS) is 2. The van der Waals surface area contributed by atoms with Crippen LogP contribution in [0.4, 0.5) is 5.69 Å². The summed E-state index contributed by atoms with van der Waals surface area (Å²) in [6, 6.07) is 6.82. The van der Waals surface area contributed by atoms with Crippen molar-refractivity contribution in [1.29, 1.82) is 5.41 Å². The fraction of sp³-hybridized carbons (Fsp3) is 0.348. The number of rotatable bonds is 10. The lowest BCUT2D eigenvalue weighted by molar-refractivity contribution is 0.0688. The average Bonchev–Trinajstić information content (AvgIpc) is 3.52. The van der Waals surface area contributed by atoms with Crippen LogP contribution in [-0.2, 0) is 0 Å². The number of unbranched alkanes of at least 4 members (excludes halogenated alkanes) is 2. The van der Waals surface area contributed by atoms with Crippen molar-refractivity contribution in [3.05, 3.63) is 41.0 Å². The van der Waals surface area contributed by atoms with Crippen molar-refractivity contribution in [3.63, 3.8) is 0 Å². The number of aromatic nitrogens is 6. The van der Waals surface area contributed by atoms with Crippen molar-refractivity contribution in [3.8, 4) is 0 Å². The third kappa shape index (κ3) is 5.60. The van der Waals surface area contributed by atoms with E-state index in [0.29, 0.717) is 22.1 Å². The maximum absolute atomic E-state index is 11.7. The first kappa shape index (κ1) is 25.3. The molecule has 0 aliphatic heterocycles. The quantitative estimate of drug-likeness (QED) is 0.211. The summed E-state index contributed by atoms with van der Waals surface area (Å²) in [4.78, 5) is 24.7. The van der Waals surface area contributed by atoms with Gasteiger partial charge < -0.3 is 20.5 Å². The highest BCUT2D eigenvalue weighted by molar-refractivity contribution is 6.07. The first-order valence-electron chi connectivity index (χ1n) is 11.3. The van der Waals surface area contributed by atoms with Crippen molar-refractivity contribution in [2.24, 2.45) is 0 Å². The predicted molar refractivity (Wildman–Crippen MR) is 132 cm³/mol. The van der Waals surface area contributed by atoms with Crippen LogP contribution < -0.4 is 4.90 Å². The van der Waals surface area contributed by atoms with Gasteiger partial charge in [-0.3, -0.25) is 0 Å². The van der Waals surface area contributed by atoms with Crippen molar-refractivity contribution in [2.75, 3.05) is 18.0 Å². The van der Waals surface area contributed by atoms with Gasteiger partial charge in [0.25, 0.3) is 0 Å². The molecule has 0 aliphatic carbocycles. The first-order chi connectivity index (χ1) is 16.9. The molecule has 0 saturated carbocycles. The zero-order valence-corrected chi connectivity index (χ0v) is 19.6. The van der Waals surface area contributed by atoms with E-state index in [4.69, 9.17) is 10.5 Å². The SMILES string of the molecule is CCCCN(CCCC)c1ccc2n[nH]nc2c1C(=O)O.N=Cc1ccc2n[nH]nc2c1C(=O)O. The number of nitrogens with one attached hydrogen (secondary N) is 3. The number of anilines is 1. The van der Waals surface area contributed by atoms with E-state index in [0.717, 1.165) is 50.7 Å². The molecule has 0 aliphatic rings. The Morgan fingerprint density at radius 2 is 1.37 bits per heavy atom. The van der Waals surface area contributed by atoms with Crippen LogP contribution in [-0.4, -0.2) is 72.3 Å². The monoisotopic (exact) mass is 480 g/mol. The maximum atomic E-state index is 11.7. The molecule has 12 heteroatoms. The van der Waals surface area contributed by atoms with Gasteiger partial charge in [0, 0.05) is 24.9 Å². The summed E-state index contributed by atoms with van der Waals surface area (Å²) >= 11 is 0. The van der Waals surface area contributed by atoms with Crippen LogP contribution >= 0.6 is 0 Å². The Kier molecular flexibility index (Phi) is 8.43. The van der Waals surface area contributed by atoms with Gasteiger partial charge >= 0.3 is 11.9 Å². The minimum absolute atomic E-state index is 0.00579. The molecule has 184 valence electrons. The molecule has 0 amide bonds. The van der Waals surface area contributed by atoms with E-state index in [9.17, 15) is 14.7 Å². The summed E-state index contributed by atoms with van der Waals surface area (Å²) in [5, 5.41) is 45.9. The van der Waals surface area contributed by atoms with E-state index >= 15 is 0 Å². The van der Waals surface area contributed by atoms with Crippen molar-refractivity contribution in [2.45, 2.75) is 39.5 Å². The molecule has 4 rings (SSSR count). The molecule has 35 heavy (non-hydrogen) atoms. The maximum Gasteiger partial charge on any atom is 0.340 e. The minimum Gasteiger partial charge on any atom is -0.478 e. The number of hydrogen-bond donors (Lipinski definition) is 5. The van der Waals surface area contributed by atoms with Gasteiger partial charge in [0.1, 0.15) is 27.6 Å². The minimum atomic E-state index is -1.11. The Morgan fingerprint density at radius 1 is 0.857 bits per heavy atom. The average molecular weight is 481 g/mol. The largest absolute Gasteiger partial charge is 0.478 e. The fourth-order valence-electron chi connectivity index (χ4n) is 3.70. The molecule has 0 atom stereocenters. The second-order valence-corrected chi connectivity index (χ2v) is 7.82. The molecule has 12 nitrogen and oxygen atoms in total. The van der Waals surface area contributed by atoms with Gasteiger partial charge in [0.2, 0.25) is 0 Å². The number of nitrogens with zero attached hydrogens (tertiary/aromatic N) is 5. The zero-order valence-electron chi connectivity index (χ0n) is 19.6. The molecule has 2 aromatic carbocycles. The van der Waals surface area contributed by atoms with Crippen LogP contribution in [0.1, 0.15) is 65.8 Å². The first-order valence-corrected chi connectivity index (χ1v) is 11.3. The Labute approximate surface area is 200 Å². The third-order valence-corrected chi connectivity index (χ3v) is 5.48. The normalized spacial score (nSPS) is 10.7. The van der Waals surface area contributed by atoms with E-state index < -0.39 is 11.9 Å². The number of aromatic carboxylic acids is 2. The molecule has 0 bridgehead atoms. The lowest BCUT2D eigenvalue weighted by atomic mass is 10.1. The number of benzene rings is 2. The second kappa shape index (κ2) is 11.7. The molecule has 2 heterocycles. The molecule has 0 spiro atoms. The number of carboxylic acids is 2. The number of fused-ring (bicyclic) bond motifs is 2. The standard InChI is InChI=1S/C15H22N4O2.C8H6N4O2/c1-3-5-9-19(10-6-4-2)12-8-7-11-14(17-18-16-11)13(12)15(20)21;9-3-4-1-2-5-7(11-12-10-5)6(4)8(13)14/h7-8H,3-6,9-10H2,1-2H3,(H,20,21)(H,16,17,18);1-3,9H,(H,13,14)(H,10,11,12). The summed E-state index contributed by atoms with van der Waals surface area (Å²) in [5.41, 5.74) is 3.08. The Morgan fingerprint density at radius 3 is 1.86 bits per heavy atom. The number of carbonyl (C=O) groups is 2. The van der Waals surface area contributed by atoms with Crippen LogP contribution in [0, 0.1) is 5.41 Å². The lowest BCUT2D eigenvalue weighted by Gasteiger charge is -2.26. The summed E-state index contributed by atoms with van der Waals surface area (Å²) in [6.07, 6.45) is 5.23. The lowest BCUT2D eigenvalue weighted by Crippen LogP contribution is -2.27. The van der Waals surface area contributed by atoms with Gasteiger partial charge in [-0.2, -0.15) is 30.8 Å². The van der Waals surface area contributed by atoms with E-state index in [-0.39, 0.29) is 16.6 Å². The van der Waals surface area contributed by atoms with E-state index in [2.05, 4.69) is 49.6 Å². The van der Waals surface area contributed by atoms with Crippen LogP contribution in [0.3, 0.4) is 0 Å². The molecule has 0 fully saturated rings. The van der Waals surface area contributed by atoms with Crippen LogP contribution in [0.25, 0.3) is 22.1 Å². The van der Waals surface area contributed by atoms with Gasteiger partial charge in [-0.05, 0) is 31.0 Å². The fourth-order valence-corrected chi connectivity index (χ4v) is 3.70. The molecule has 0 unspecified atom stereocenters. The summed E-state index contributed by atoms with van der Waals surface area (Å²) in [5.74, 6) is -2.06. The topological polar surface area (TPSA) is 185 Å². The van der Waals surface area contributed by atoms with E-state index in [1.807, 2.05) is 12.1 Å². The predicted octanol–water partition coefficient (Wildman–Crippen LogP) is 3.72. The molecular weight excluding hydrogens is 452 g/mol. The van der Waals surface area contributed by atoms with Crippen LogP contribution in [0.15, 0.2) is 24.3 Å². The van der Waals surface area contributed by atoms with Crippen molar-refractivity contribution < 1.29 is 19.8 Å². The summed E-state index contributed by atoms with van der Waals surface area (Å²) < 4.78 is 0. The van der Waals surface area contributed by atoms with Gasteiger partial charge in [-0.1, -0.05) is 32.8 Å². The van der Waals surface area contributed by atoms with Gasteiger partial charge in [-0.15, -0.1) is 0 Å². The smallest absolute Gasteiger partial charge is 0.340 e. The summed E-state index contributed by atoms with van der Waals surface area (Å²) in [6.45, 7) is 5.99. The van der Waals surface area contributed by atoms with E-state index in [1.165, 1.54) is 6.07 Å². The highest BCUT2D eigenvalue weighted by atomic mass is 16.4. The van der Waals surface area contributed by atoms with Gasteiger partial charge in [0.15, 0.2) is 0 Å². The van der Waals surface area contributed by atoms with Crippen molar-refractivity contribution >= 4 is 45.9 Å². The molecular formula is C23H28N8O4. The number of hydrogen-bond acceptors (Lipinski definition) is 8. The Balaban J connectivity index is 0.000000211. The number of H-pyrrole nitrogens is 2. The molecule has 5 N–H and O–H groups in total. The number of aromatic amines is 2. The third-order valence-electron chi connectivity index (χ3n) is 5.48. The van der Waals surface area contributed by atoms with Gasteiger partial charge in [-0.25, -0.2) is 9.59 Å². The Hall–Kier alpha value is -4.35. The van der Waals surface area contributed by atoms with E-state index in [1.54, 1.807) is 6.07 Å². The van der Waals surface area contributed by atoms with Crippen LogP contribution in [0.5, 0.6) is 0 Å². The van der Waals surface area contributed by atoms with Crippen molar-refractivity contribution in [1.82, 2.24) is 30.8 Å². The highest BCUT2D eigenvalue weighted by Gasteiger charge is 2.21. The second-order valence-electron chi connectivity index (χ2n) is 7.82. The molecule has 4 aromatic rings. The summed E-state index contributed by atoms with van der Waals surface area (Å²) in [7, 11) is 0.